The highest BCUT2D eigenvalue weighted by Gasteiger charge is 2.08. The molecule has 0 radical (unpaired) electrons. The van der Waals surface area contributed by atoms with E-state index in [0.29, 0.717) is 5.92 Å². The summed E-state index contributed by atoms with van der Waals surface area (Å²) in [6.45, 7) is 11.6. The van der Waals surface area contributed by atoms with Gasteiger partial charge in [-0.25, -0.2) is 0 Å². The van der Waals surface area contributed by atoms with Gasteiger partial charge in [0.1, 0.15) is 0 Å². The average Bonchev–Trinajstić information content (AvgIpc) is 2.10. The summed E-state index contributed by atoms with van der Waals surface area (Å²) < 4.78 is 0. The number of carbonyl (C=O) groups excluding carboxylic acids is 1. The lowest BCUT2D eigenvalue weighted by Crippen LogP contribution is -2.31. The van der Waals surface area contributed by atoms with Gasteiger partial charge in [-0.2, -0.15) is 0 Å². The van der Waals surface area contributed by atoms with E-state index in [9.17, 15) is 4.79 Å². The minimum absolute atomic E-state index is 0.0579. The van der Waals surface area contributed by atoms with E-state index in [-0.39, 0.29) is 5.91 Å². The van der Waals surface area contributed by atoms with Crippen LogP contribution in [0, 0.1) is 5.92 Å². The third-order valence-electron chi connectivity index (χ3n) is 1.96. The van der Waals surface area contributed by atoms with Gasteiger partial charge in [-0.05, 0) is 24.8 Å². The summed E-state index contributed by atoms with van der Waals surface area (Å²) in [7, 11) is 0. The molecule has 0 bridgehead atoms. The van der Waals surface area contributed by atoms with Gasteiger partial charge in [-0.3, -0.25) is 4.79 Å². The number of rotatable bonds is 6. The molecule has 76 valence electrons. The molecule has 0 aliphatic carbocycles. The fraction of sp³-hybridized carbons (Fsp3) is 0.727. The molecule has 2 heteroatoms. The van der Waals surface area contributed by atoms with Gasteiger partial charge < -0.3 is 4.90 Å². The molecule has 0 atom stereocenters. The quantitative estimate of drug-likeness (QED) is 0.579. The Labute approximate surface area is 81.6 Å². The van der Waals surface area contributed by atoms with Crippen LogP contribution in [0.5, 0.6) is 0 Å². The minimum atomic E-state index is 0.0579. The molecular weight excluding hydrogens is 162 g/mol. The second-order valence-corrected chi connectivity index (χ2v) is 3.71. The van der Waals surface area contributed by atoms with Crippen molar-refractivity contribution >= 4 is 5.91 Å². The topological polar surface area (TPSA) is 20.3 Å². The number of hydrogen-bond acceptors (Lipinski definition) is 1. The van der Waals surface area contributed by atoms with E-state index in [1.807, 2.05) is 4.90 Å². The molecule has 0 aromatic heterocycles. The molecule has 0 aliphatic heterocycles. The lowest BCUT2D eigenvalue weighted by molar-refractivity contribution is -0.126. The Bertz CT molecular complexity index is 163. The summed E-state index contributed by atoms with van der Waals surface area (Å²) in [6.07, 6.45) is 3.48. The van der Waals surface area contributed by atoms with Gasteiger partial charge >= 0.3 is 0 Å². The Kier molecular flexibility index (Phi) is 6.29. The molecule has 0 aliphatic rings. The molecule has 1 amide bonds. The van der Waals surface area contributed by atoms with Gasteiger partial charge in [0.05, 0.1) is 0 Å². The second kappa shape index (κ2) is 6.70. The summed E-state index contributed by atoms with van der Waals surface area (Å²) in [6, 6.07) is 0. The number of carbonyl (C=O) groups is 1. The molecule has 0 saturated heterocycles. The molecule has 0 unspecified atom stereocenters. The second-order valence-electron chi connectivity index (χ2n) is 3.71. The normalized spacial score (nSPS) is 10.2. The standard InChI is InChI=1S/C11H21NO/c1-5-8-12(11(13)6-2)9-7-10(3)4/h6,10H,2,5,7-9H2,1,3-4H3. The van der Waals surface area contributed by atoms with Crippen molar-refractivity contribution in [3.63, 3.8) is 0 Å². The van der Waals surface area contributed by atoms with Crippen molar-refractivity contribution in [3.05, 3.63) is 12.7 Å². The summed E-state index contributed by atoms with van der Waals surface area (Å²) in [5.41, 5.74) is 0. The lowest BCUT2D eigenvalue weighted by atomic mass is 10.1. The fourth-order valence-electron chi connectivity index (χ4n) is 1.15. The van der Waals surface area contributed by atoms with Crippen molar-refractivity contribution in [2.45, 2.75) is 33.6 Å². The molecular formula is C11H21NO. The minimum Gasteiger partial charge on any atom is -0.339 e. The van der Waals surface area contributed by atoms with Crippen LogP contribution in [0.15, 0.2) is 12.7 Å². The molecule has 0 rings (SSSR count). The Morgan fingerprint density at radius 3 is 2.46 bits per heavy atom. The van der Waals surface area contributed by atoms with Gasteiger partial charge in [-0.15, -0.1) is 0 Å². The Morgan fingerprint density at radius 1 is 1.46 bits per heavy atom. The Morgan fingerprint density at radius 2 is 2.08 bits per heavy atom. The molecule has 0 spiro atoms. The van der Waals surface area contributed by atoms with Crippen LogP contribution in [0.3, 0.4) is 0 Å². The van der Waals surface area contributed by atoms with Gasteiger partial charge in [0, 0.05) is 13.1 Å². The van der Waals surface area contributed by atoms with E-state index < -0.39 is 0 Å². The van der Waals surface area contributed by atoms with Crippen molar-refractivity contribution < 1.29 is 4.79 Å². The van der Waals surface area contributed by atoms with E-state index in [2.05, 4.69) is 27.4 Å². The predicted octanol–water partition coefficient (Wildman–Crippen LogP) is 2.46. The van der Waals surface area contributed by atoms with Crippen LogP contribution in [0.2, 0.25) is 0 Å². The van der Waals surface area contributed by atoms with Crippen molar-refractivity contribution in [1.82, 2.24) is 4.90 Å². The van der Waals surface area contributed by atoms with E-state index in [1.165, 1.54) is 6.08 Å². The molecule has 0 fully saturated rings. The van der Waals surface area contributed by atoms with Crippen LogP contribution >= 0.6 is 0 Å². The highest BCUT2D eigenvalue weighted by atomic mass is 16.2. The van der Waals surface area contributed by atoms with Crippen LogP contribution in [-0.4, -0.2) is 23.9 Å². The van der Waals surface area contributed by atoms with Crippen LogP contribution in [0.4, 0.5) is 0 Å². The van der Waals surface area contributed by atoms with Crippen molar-refractivity contribution in [2.75, 3.05) is 13.1 Å². The van der Waals surface area contributed by atoms with Gasteiger partial charge in [-0.1, -0.05) is 27.4 Å². The molecule has 2 nitrogen and oxygen atoms in total. The number of hydrogen-bond donors (Lipinski definition) is 0. The van der Waals surface area contributed by atoms with E-state index in [4.69, 9.17) is 0 Å². The van der Waals surface area contributed by atoms with Crippen LogP contribution in [0.25, 0.3) is 0 Å². The Balaban J connectivity index is 3.93. The summed E-state index contributed by atoms with van der Waals surface area (Å²) in [4.78, 5) is 13.2. The summed E-state index contributed by atoms with van der Waals surface area (Å²) in [5.74, 6) is 0.708. The third-order valence-corrected chi connectivity index (χ3v) is 1.96. The van der Waals surface area contributed by atoms with Crippen LogP contribution in [0.1, 0.15) is 33.6 Å². The number of amides is 1. The zero-order valence-electron chi connectivity index (χ0n) is 9.05. The zero-order valence-corrected chi connectivity index (χ0v) is 9.05. The first-order valence-corrected chi connectivity index (χ1v) is 5.03. The molecule has 0 N–H and O–H groups in total. The van der Waals surface area contributed by atoms with Gasteiger partial charge in [0.2, 0.25) is 5.91 Å². The van der Waals surface area contributed by atoms with Crippen molar-refractivity contribution in [1.29, 1.82) is 0 Å². The SMILES string of the molecule is C=CC(=O)N(CCC)CCC(C)C. The van der Waals surface area contributed by atoms with E-state index in [1.54, 1.807) is 0 Å². The largest absolute Gasteiger partial charge is 0.339 e. The predicted molar refractivity (Wildman–Crippen MR) is 56.5 cm³/mol. The van der Waals surface area contributed by atoms with Crippen LogP contribution < -0.4 is 0 Å². The van der Waals surface area contributed by atoms with Crippen molar-refractivity contribution in [2.24, 2.45) is 5.92 Å². The number of nitrogens with zero attached hydrogens (tertiary/aromatic N) is 1. The third kappa shape index (κ3) is 5.45. The van der Waals surface area contributed by atoms with Crippen molar-refractivity contribution in [3.8, 4) is 0 Å². The lowest BCUT2D eigenvalue weighted by Gasteiger charge is -2.21. The Hall–Kier alpha value is -0.790. The smallest absolute Gasteiger partial charge is 0.245 e. The fourth-order valence-corrected chi connectivity index (χ4v) is 1.15. The molecule has 0 aromatic carbocycles. The molecule has 0 saturated carbocycles. The zero-order chi connectivity index (χ0) is 10.3. The first-order chi connectivity index (χ1) is 6.11. The van der Waals surface area contributed by atoms with Gasteiger partial charge in [0.25, 0.3) is 0 Å². The average molecular weight is 183 g/mol. The highest BCUT2D eigenvalue weighted by molar-refractivity contribution is 5.86. The van der Waals surface area contributed by atoms with Crippen LogP contribution in [-0.2, 0) is 4.79 Å². The maximum Gasteiger partial charge on any atom is 0.245 e. The first kappa shape index (κ1) is 12.2. The first-order valence-electron chi connectivity index (χ1n) is 5.03. The molecule has 0 aromatic rings. The molecule has 13 heavy (non-hydrogen) atoms. The summed E-state index contributed by atoms with van der Waals surface area (Å²) >= 11 is 0. The maximum atomic E-state index is 11.3. The molecule has 0 heterocycles. The summed E-state index contributed by atoms with van der Waals surface area (Å²) in [5, 5.41) is 0. The monoisotopic (exact) mass is 183 g/mol. The van der Waals surface area contributed by atoms with E-state index >= 15 is 0 Å². The van der Waals surface area contributed by atoms with Gasteiger partial charge in [0.15, 0.2) is 0 Å². The van der Waals surface area contributed by atoms with E-state index in [0.717, 1.165) is 25.9 Å². The highest BCUT2D eigenvalue weighted by Crippen LogP contribution is 2.03. The maximum absolute atomic E-state index is 11.3.